The maximum atomic E-state index is 4.61. The number of pyridine rings is 1. The standard InChI is InChI=1S/C14H23N3/c1-4-14(2,3)12-5-6-13(16-11-12)17-9-7-15-8-10-17/h5-6,11,15H,4,7-10H2,1-3H3. The molecule has 2 rings (SSSR count). The predicted octanol–water partition coefficient (Wildman–Crippen LogP) is 2.18. The van der Waals surface area contributed by atoms with Crippen molar-refractivity contribution in [1.82, 2.24) is 10.3 Å². The van der Waals surface area contributed by atoms with Crippen molar-refractivity contribution in [3.8, 4) is 0 Å². The smallest absolute Gasteiger partial charge is 0.128 e. The second-order valence-corrected chi connectivity index (χ2v) is 5.38. The number of nitrogens with one attached hydrogen (secondary N) is 1. The van der Waals surface area contributed by atoms with E-state index in [-0.39, 0.29) is 5.41 Å². The second-order valence-electron chi connectivity index (χ2n) is 5.38. The summed E-state index contributed by atoms with van der Waals surface area (Å²) in [5.74, 6) is 1.11. The molecule has 2 heterocycles. The van der Waals surface area contributed by atoms with Gasteiger partial charge in [-0.15, -0.1) is 0 Å². The summed E-state index contributed by atoms with van der Waals surface area (Å²) in [6.07, 6.45) is 3.18. The Morgan fingerprint density at radius 2 is 2.00 bits per heavy atom. The molecule has 3 nitrogen and oxygen atoms in total. The van der Waals surface area contributed by atoms with Crippen molar-refractivity contribution < 1.29 is 0 Å². The van der Waals surface area contributed by atoms with Crippen LogP contribution in [0.2, 0.25) is 0 Å². The first-order valence-corrected chi connectivity index (χ1v) is 6.55. The molecule has 0 amide bonds. The fourth-order valence-corrected chi connectivity index (χ4v) is 2.07. The van der Waals surface area contributed by atoms with Crippen LogP contribution in [0.4, 0.5) is 5.82 Å². The quantitative estimate of drug-likeness (QED) is 0.867. The van der Waals surface area contributed by atoms with E-state index >= 15 is 0 Å². The number of aromatic nitrogens is 1. The molecule has 0 aromatic carbocycles. The highest BCUT2D eigenvalue weighted by atomic mass is 15.2. The minimum atomic E-state index is 0.231. The molecule has 0 bridgehead atoms. The van der Waals surface area contributed by atoms with Crippen LogP contribution < -0.4 is 10.2 Å². The van der Waals surface area contributed by atoms with Crippen LogP contribution in [-0.4, -0.2) is 31.2 Å². The minimum absolute atomic E-state index is 0.231. The number of hydrogen-bond donors (Lipinski definition) is 1. The van der Waals surface area contributed by atoms with E-state index in [1.54, 1.807) is 0 Å². The van der Waals surface area contributed by atoms with E-state index in [0.29, 0.717) is 0 Å². The Morgan fingerprint density at radius 1 is 1.29 bits per heavy atom. The van der Waals surface area contributed by atoms with Crippen molar-refractivity contribution in [3.63, 3.8) is 0 Å². The van der Waals surface area contributed by atoms with E-state index in [1.165, 1.54) is 5.56 Å². The fraction of sp³-hybridized carbons (Fsp3) is 0.643. The van der Waals surface area contributed by atoms with Gasteiger partial charge in [0, 0.05) is 32.4 Å². The molecular formula is C14H23N3. The molecule has 1 N–H and O–H groups in total. The highest BCUT2D eigenvalue weighted by molar-refractivity contribution is 5.41. The summed E-state index contributed by atoms with van der Waals surface area (Å²) >= 11 is 0. The maximum absolute atomic E-state index is 4.61. The normalized spacial score (nSPS) is 17.2. The van der Waals surface area contributed by atoms with Crippen LogP contribution in [0.1, 0.15) is 32.8 Å². The Labute approximate surface area is 104 Å². The van der Waals surface area contributed by atoms with Crippen LogP contribution >= 0.6 is 0 Å². The zero-order valence-electron chi connectivity index (χ0n) is 11.2. The van der Waals surface area contributed by atoms with Gasteiger partial charge in [-0.25, -0.2) is 4.98 Å². The summed E-state index contributed by atoms with van der Waals surface area (Å²) in [5, 5.41) is 3.36. The van der Waals surface area contributed by atoms with Crippen molar-refractivity contribution in [1.29, 1.82) is 0 Å². The summed E-state index contributed by atoms with van der Waals surface area (Å²) in [4.78, 5) is 6.96. The van der Waals surface area contributed by atoms with Gasteiger partial charge in [-0.2, -0.15) is 0 Å². The number of piperazine rings is 1. The van der Waals surface area contributed by atoms with Gasteiger partial charge in [0.25, 0.3) is 0 Å². The molecule has 0 spiro atoms. The highest BCUT2D eigenvalue weighted by Gasteiger charge is 2.19. The van der Waals surface area contributed by atoms with Gasteiger partial charge in [0.2, 0.25) is 0 Å². The van der Waals surface area contributed by atoms with Gasteiger partial charge in [-0.1, -0.05) is 26.8 Å². The lowest BCUT2D eigenvalue weighted by Crippen LogP contribution is -2.43. The van der Waals surface area contributed by atoms with Gasteiger partial charge in [0.1, 0.15) is 5.82 Å². The highest BCUT2D eigenvalue weighted by Crippen LogP contribution is 2.27. The van der Waals surface area contributed by atoms with Gasteiger partial charge < -0.3 is 10.2 Å². The van der Waals surface area contributed by atoms with Gasteiger partial charge in [-0.3, -0.25) is 0 Å². The third-order valence-electron chi connectivity index (χ3n) is 3.85. The van der Waals surface area contributed by atoms with Crippen LogP contribution in [0.3, 0.4) is 0 Å². The van der Waals surface area contributed by atoms with Gasteiger partial charge in [-0.05, 0) is 23.5 Å². The third kappa shape index (κ3) is 2.78. The Kier molecular flexibility index (Phi) is 3.67. The summed E-state index contributed by atoms with van der Waals surface area (Å²) in [7, 11) is 0. The number of hydrogen-bond acceptors (Lipinski definition) is 3. The average Bonchev–Trinajstić information content (AvgIpc) is 2.40. The second kappa shape index (κ2) is 5.05. The van der Waals surface area contributed by atoms with Crippen LogP contribution in [-0.2, 0) is 5.41 Å². The molecule has 0 radical (unpaired) electrons. The maximum Gasteiger partial charge on any atom is 0.128 e. The molecule has 94 valence electrons. The van der Waals surface area contributed by atoms with E-state index in [9.17, 15) is 0 Å². The van der Waals surface area contributed by atoms with Gasteiger partial charge >= 0.3 is 0 Å². The Bertz CT molecular complexity index is 350. The number of nitrogens with zero attached hydrogens (tertiary/aromatic N) is 2. The SMILES string of the molecule is CCC(C)(C)c1ccc(N2CCNCC2)nc1. The molecule has 0 unspecified atom stereocenters. The van der Waals surface area contributed by atoms with Crippen molar-refractivity contribution in [2.45, 2.75) is 32.6 Å². The Balaban J connectivity index is 2.12. The Hall–Kier alpha value is -1.09. The first kappa shape index (κ1) is 12.4. The largest absolute Gasteiger partial charge is 0.354 e. The van der Waals surface area contributed by atoms with Gasteiger partial charge in [0.05, 0.1) is 0 Å². The summed E-state index contributed by atoms with van der Waals surface area (Å²) < 4.78 is 0. The fourth-order valence-electron chi connectivity index (χ4n) is 2.07. The molecule has 1 aliphatic rings. The number of rotatable bonds is 3. The number of anilines is 1. The lowest BCUT2D eigenvalue weighted by Gasteiger charge is -2.29. The summed E-state index contributed by atoms with van der Waals surface area (Å²) in [6, 6.07) is 4.39. The molecule has 0 atom stereocenters. The predicted molar refractivity (Wildman–Crippen MR) is 72.6 cm³/mol. The molecule has 17 heavy (non-hydrogen) atoms. The monoisotopic (exact) mass is 233 g/mol. The third-order valence-corrected chi connectivity index (χ3v) is 3.85. The first-order chi connectivity index (χ1) is 8.13. The molecule has 1 aromatic rings. The van der Waals surface area contributed by atoms with E-state index in [1.807, 2.05) is 6.20 Å². The van der Waals surface area contributed by atoms with Crippen molar-refractivity contribution in [3.05, 3.63) is 23.9 Å². The minimum Gasteiger partial charge on any atom is -0.354 e. The molecule has 1 aliphatic heterocycles. The molecule has 1 aromatic heterocycles. The topological polar surface area (TPSA) is 28.2 Å². The summed E-state index contributed by atoms with van der Waals surface area (Å²) in [5.41, 5.74) is 1.56. The van der Waals surface area contributed by atoms with E-state index in [4.69, 9.17) is 0 Å². The van der Waals surface area contributed by atoms with Crippen LogP contribution in [0.5, 0.6) is 0 Å². The lowest BCUT2D eigenvalue weighted by atomic mass is 9.83. The van der Waals surface area contributed by atoms with E-state index in [0.717, 1.165) is 38.4 Å². The van der Waals surface area contributed by atoms with Crippen molar-refractivity contribution >= 4 is 5.82 Å². The van der Waals surface area contributed by atoms with Crippen LogP contribution in [0.15, 0.2) is 18.3 Å². The molecular weight excluding hydrogens is 210 g/mol. The van der Waals surface area contributed by atoms with Crippen molar-refractivity contribution in [2.75, 3.05) is 31.1 Å². The molecule has 0 aliphatic carbocycles. The zero-order valence-corrected chi connectivity index (χ0v) is 11.2. The lowest BCUT2D eigenvalue weighted by molar-refractivity contribution is 0.504. The zero-order chi connectivity index (χ0) is 12.3. The van der Waals surface area contributed by atoms with E-state index < -0.39 is 0 Å². The first-order valence-electron chi connectivity index (χ1n) is 6.55. The molecule has 1 saturated heterocycles. The average molecular weight is 233 g/mol. The summed E-state index contributed by atoms with van der Waals surface area (Å²) in [6.45, 7) is 11.0. The van der Waals surface area contributed by atoms with Crippen LogP contribution in [0, 0.1) is 0 Å². The van der Waals surface area contributed by atoms with Gasteiger partial charge in [0.15, 0.2) is 0 Å². The van der Waals surface area contributed by atoms with E-state index in [2.05, 4.69) is 48.1 Å². The molecule has 3 heteroatoms. The van der Waals surface area contributed by atoms with Crippen LogP contribution in [0.25, 0.3) is 0 Å². The Morgan fingerprint density at radius 3 is 2.53 bits per heavy atom. The molecule has 1 fully saturated rings. The van der Waals surface area contributed by atoms with Crippen molar-refractivity contribution in [2.24, 2.45) is 0 Å². The molecule has 0 saturated carbocycles.